The smallest absolute Gasteiger partial charge is 0.399 e. The molecule has 0 atom stereocenters. The van der Waals surface area contributed by atoms with Crippen molar-refractivity contribution in [3.8, 4) is 56.4 Å². The molecule has 0 amide bonds. The van der Waals surface area contributed by atoms with E-state index in [1.54, 1.807) is 0 Å². The number of aromatic nitrogens is 2. The SMILES string of the molecule is CC(C)c1cccc2c1B1N(C)c3ccc(Oc4[c-]c(N5[CH-]N(c6c(-c7ccccc7)cccc6-c6ccccc6)c6ccccc65)ccc4)[c-]c3-c3ncc(n31)-c1ccccc1CC2.[Pt]. The molecule has 3 aliphatic rings. The number of aryl methyl sites for hydroxylation is 2. The summed E-state index contributed by atoms with van der Waals surface area (Å²) in [4.78, 5) is 12.1. The molecule has 3 aliphatic heterocycles. The third-order valence-corrected chi connectivity index (χ3v) is 13.3. The summed E-state index contributed by atoms with van der Waals surface area (Å²) in [5.41, 5.74) is 18.5. The quantitative estimate of drug-likeness (QED) is 0.117. The Kier molecular flexibility index (Phi) is 10.7. The molecule has 0 saturated heterocycles. The van der Waals surface area contributed by atoms with Gasteiger partial charge in [0.15, 0.2) is 0 Å². The van der Waals surface area contributed by atoms with Crippen LogP contribution in [0.2, 0.25) is 0 Å². The Morgan fingerprint density at radius 2 is 1.20 bits per heavy atom. The van der Waals surface area contributed by atoms with E-state index in [-0.39, 0.29) is 28.0 Å². The van der Waals surface area contributed by atoms with Gasteiger partial charge in [-0.1, -0.05) is 171 Å². The van der Waals surface area contributed by atoms with Crippen LogP contribution in [0.25, 0.3) is 44.9 Å². The number of fused-ring (bicyclic) bond motifs is 7. The molecule has 0 fully saturated rings. The Morgan fingerprint density at radius 3 is 1.94 bits per heavy atom. The summed E-state index contributed by atoms with van der Waals surface area (Å²) >= 11 is 0. The van der Waals surface area contributed by atoms with Gasteiger partial charge in [-0.05, 0) is 71.2 Å². The van der Waals surface area contributed by atoms with Crippen molar-refractivity contribution in [2.75, 3.05) is 21.7 Å². The van der Waals surface area contributed by atoms with E-state index in [9.17, 15) is 0 Å². The minimum atomic E-state index is -0.0810. The van der Waals surface area contributed by atoms with Crippen LogP contribution in [0.5, 0.6) is 11.5 Å². The van der Waals surface area contributed by atoms with Crippen LogP contribution < -0.4 is 24.8 Å². The number of ether oxygens (including phenoxy) is 1. The van der Waals surface area contributed by atoms with Crippen LogP contribution in [0.3, 0.4) is 0 Å². The minimum Gasteiger partial charge on any atom is -0.503 e. The Labute approximate surface area is 402 Å². The molecule has 8 aromatic carbocycles. The molecule has 1 aromatic heterocycles. The number of rotatable bonds is 7. The molecule has 0 N–H and O–H groups in total. The second-order valence-electron chi connectivity index (χ2n) is 17.4. The zero-order chi connectivity index (χ0) is 43.6. The van der Waals surface area contributed by atoms with Gasteiger partial charge in [-0.25, -0.2) is 0 Å². The molecule has 12 rings (SSSR count). The Bertz CT molecular complexity index is 3200. The van der Waals surface area contributed by atoms with Crippen molar-refractivity contribution in [2.45, 2.75) is 32.6 Å². The summed E-state index contributed by atoms with van der Waals surface area (Å²) in [6.45, 7) is 6.70. The summed E-state index contributed by atoms with van der Waals surface area (Å²) in [5, 5.41) is 0. The Balaban J connectivity index is 0.00000481. The van der Waals surface area contributed by atoms with Crippen LogP contribution in [-0.4, -0.2) is 23.5 Å². The van der Waals surface area contributed by atoms with E-state index in [1.807, 2.05) is 18.2 Å². The third kappa shape index (κ3) is 6.96. The molecular formula is C58H45BN5OPt-3. The molecule has 0 radical (unpaired) electrons. The minimum absolute atomic E-state index is 0. The first kappa shape index (κ1) is 41.6. The van der Waals surface area contributed by atoms with Crippen molar-refractivity contribution < 1.29 is 25.8 Å². The fourth-order valence-electron chi connectivity index (χ4n) is 10.3. The van der Waals surface area contributed by atoms with Crippen molar-refractivity contribution in [2.24, 2.45) is 0 Å². The van der Waals surface area contributed by atoms with Gasteiger partial charge in [0.2, 0.25) is 0 Å². The second kappa shape index (κ2) is 17.0. The Hall–Kier alpha value is -7.08. The average molecular weight is 1030 g/mol. The van der Waals surface area contributed by atoms with Gasteiger partial charge in [-0.2, -0.15) is 6.07 Å². The van der Waals surface area contributed by atoms with Gasteiger partial charge < -0.3 is 23.8 Å². The molecule has 9 aromatic rings. The molecule has 6 nitrogen and oxygen atoms in total. The predicted octanol–water partition coefficient (Wildman–Crippen LogP) is 13.3. The number of anilines is 5. The molecule has 0 unspecified atom stereocenters. The Morgan fingerprint density at radius 1 is 0.591 bits per heavy atom. The fourth-order valence-corrected chi connectivity index (χ4v) is 10.3. The molecular weight excluding hydrogens is 989 g/mol. The van der Waals surface area contributed by atoms with Crippen molar-refractivity contribution in [3.05, 3.63) is 218 Å². The van der Waals surface area contributed by atoms with E-state index in [4.69, 9.17) is 9.72 Å². The van der Waals surface area contributed by atoms with Crippen molar-refractivity contribution in [3.63, 3.8) is 0 Å². The molecule has 4 heterocycles. The van der Waals surface area contributed by atoms with E-state index in [2.05, 4.69) is 223 Å². The van der Waals surface area contributed by atoms with Crippen LogP contribution in [0.1, 0.15) is 36.5 Å². The molecule has 8 heteroatoms. The number of hydrogen-bond acceptors (Lipinski definition) is 5. The molecule has 66 heavy (non-hydrogen) atoms. The largest absolute Gasteiger partial charge is 0.503 e. The van der Waals surface area contributed by atoms with Crippen LogP contribution in [0, 0.1) is 18.8 Å². The molecule has 324 valence electrons. The van der Waals surface area contributed by atoms with Crippen LogP contribution >= 0.6 is 0 Å². The maximum atomic E-state index is 6.73. The van der Waals surface area contributed by atoms with Crippen LogP contribution in [0.4, 0.5) is 28.4 Å². The zero-order valence-electron chi connectivity index (χ0n) is 36.9. The third-order valence-electron chi connectivity index (χ3n) is 13.3. The molecule has 0 saturated carbocycles. The number of benzene rings is 8. The predicted molar refractivity (Wildman–Crippen MR) is 267 cm³/mol. The van der Waals surface area contributed by atoms with E-state index >= 15 is 0 Å². The van der Waals surface area contributed by atoms with Crippen LogP contribution in [-0.2, 0) is 33.9 Å². The van der Waals surface area contributed by atoms with Crippen molar-refractivity contribution in [1.82, 2.24) is 9.46 Å². The van der Waals surface area contributed by atoms with E-state index in [0.29, 0.717) is 17.4 Å². The monoisotopic (exact) mass is 1030 g/mol. The topological polar surface area (TPSA) is 36.8 Å². The first-order chi connectivity index (χ1) is 32.0. The summed E-state index contributed by atoms with van der Waals surface area (Å²) in [5.74, 6) is 2.44. The number of hydrogen-bond donors (Lipinski definition) is 0. The molecule has 0 bridgehead atoms. The van der Waals surface area contributed by atoms with Crippen molar-refractivity contribution >= 4 is 40.9 Å². The zero-order valence-corrected chi connectivity index (χ0v) is 39.2. The summed E-state index contributed by atoms with van der Waals surface area (Å²) < 4.78 is 9.17. The number of para-hydroxylation sites is 3. The standard InChI is InChI=1S/C58H45BN5O.Pt/c1-39(2)47-26-14-22-43-32-31-42-21-10-11-25-48(42)55-37-60-58-51-36-46(33-34-52(51)61(3)59(56(43)47)64(55)58)65-45-24-15-23-44(35-45)62-38-63(54-30-13-12-29-53(54)62)57-49(40-17-6-4-7-18-40)27-16-28-50(57)41-19-8-5-9-20-41;/h4-30,33-34,37-39H,31-32H2,1-3H3;/q-3;. The van der Waals surface area contributed by atoms with Gasteiger partial charge in [0, 0.05) is 84.0 Å². The summed E-state index contributed by atoms with van der Waals surface area (Å²) in [6.07, 6.45) is 3.99. The second-order valence-corrected chi connectivity index (χ2v) is 17.4. The number of nitrogens with zero attached hydrogens (tertiary/aromatic N) is 5. The van der Waals surface area contributed by atoms with Gasteiger partial charge in [0.05, 0.1) is 0 Å². The van der Waals surface area contributed by atoms with E-state index < -0.39 is 0 Å². The summed E-state index contributed by atoms with van der Waals surface area (Å²) in [7, 11) is 2.21. The van der Waals surface area contributed by atoms with Gasteiger partial charge in [0.1, 0.15) is 0 Å². The van der Waals surface area contributed by atoms with E-state index in [1.165, 1.54) is 27.7 Å². The van der Waals surface area contributed by atoms with Gasteiger partial charge >= 0.3 is 6.98 Å². The maximum absolute atomic E-state index is 6.73. The first-order valence-corrected chi connectivity index (χ1v) is 22.5. The van der Waals surface area contributed by atoms with Gasteiger partial charge in [-0.15, -0.1) is 36.6 Å². The van der Waals surface area contributed by atoms with Crippen LogP contribution in [0.15, 0.2) is 182 Å². The van der Waals surface area contributed by atoms with Gasteiger partial charge in [-0.3, -0.25) is 4.98 Å². The normalized spacial score (nSPS) is 13.4. The first-order valence-electron chi connectivity index (χ1n) is 22.5. The fraction of sp³-hybridized carbons (Fsp3) is 0.103. The maximum Gasteiger partial charge on any atom is 0.399 e. The average Bonchev–Trinajstić information content (AvgIpc) is 3.98. The van der Waals surface area contributed by atoms with Gasteiger partial charge in [0.25, 0.3) is 0 Å². The number of imidazole rings is 1. The summed E-state index contributed by atoms with van der Waals surface area (Å²) in [6, 6.07) is 69.7. The molecule has 0 aliphatic carbocycles. The molecule has 0 spiro atoms. The van der Waals surface area contributed by atoms with E-state index in [0.717, 1.165) is 80.6 Å². The van der Waals surface area contributed by atoms with Crippen molar-refractivity contribution in [1.29, 1.82) is 0 Å².